The number of hydrogen-bond acceptors (Lipinski definition) is 3. The highest BCUT2D eigenvalue weighted by atomic mass is 19.1. The number of benzene rings is 3. The van der Waals surface area contributed by atoms with Crippen molar-refractivity contribution in [3.8, 4) is 0 Å². The Kier molecular flexibility index (Phi) is 4.96. The summed E-state index contributed by atoms with van der Waals surface area (Å²) in [6, 6.07) is 19.0. The molecule has 0 radical (unpaired) electrons. The van der Waals surface area contributed by atoms with Crippen LogP contribution in [0.3, 0.4) is 0 Å². The third kappa shape index (κ3) is 3.39. The van der Waals surface area contributed by atoms with Crippen LogP contribution in [0.25, 0.3) is 5.76 Å². The molecular weight excluding hydrogens is 381 g/mol. The summed E-state index contributed by atoms with van der Waals surface area (Å²) in [6.07, 6.45) is 0. The minimum atomic E-state index is -0.822. The van der Waals surface area contributed by atoms with E-state index in [1.54, 1.807) is 12.1 Å². The van der Waals surface area contributed by atoms with E-state index in [0.717, 1.165) is 11.1 Å². The van der Waals surface area contributed by atoms with Gasteiger partial charge in [0.05, 0.1) is 11.6 Å². The van der Waals surface area contributed by atoms with Crippen LogP contribution in [0.2, 0.25) is 0 Å². The lowest BCUT2D eigenvalue weighted by atomic mass is 9.94. The Bertz CT molecular complexity index is 1150. The Morgan fingerprint density at radius 1 is 0.833 bits per heavy atom. The van der Waals surface area contributed by atoms with Crippen LogP contribution in [0, 0.1) is 19.7 Å². The molecule has 1 aliphatic rings. The number of carbonyl (C=O) groups is 2. The second kappa shape index (κ2) is 7.59. The van der Waals surface area contributed by atoms with Crippen LogP contribution in [0.15, 0.2) is 78.4 Å². The number of halogens is 1. The summed E-state index contributed by atoms with van der Waals surface area (Å²) in [6.45, 7) is 3.86. The molecule has 1 unspecified atom stereocenters. The van der Waals surface area contributed by atoms with Gasteiger partial charge in [-0.25, -0.2) is 4.39 Å². The summed E-state index contributed by atoms with van der Waals surface area (Å²) in [5.74, 6) is -2.21. The molecule has 0 saturated carbocycles. The average molecular weight is 401 g/mol. The van der Waals surface area contributed by atoms with Gasteiger partial charge in [0.2, 0.25) is 0 Å². The maximum atomic E-state index is 13.5. The van der Waals surface area contributed by atoms with Gasteiger partial charge < -0.3 is 5.11 Å². The molecule has 30 heavy (non-hydrogen) atoms. The maximum absolute atomic E-state index is 13.5. The van der Waals surface area contributed by atoms with E-state index in [0.29, 0.717) is 16.8 Å². The number of hydrogen-bond donors (Lipinski definition) is 1. The first-order valence-corrected chi connectivity index (χ1v) is 9.57. The molecule has 0 spiro atoms. The molecule has 1 atom stereocenters. The lowest BCUT2D eigenvalue weighted by molar-refractivity contribution is -0.132. The molecule has 4 rings (SSSR count). The highest BCUT2D eigenvalue weighted by Crippen LogP contribution is 2.42. The van der Waals surface area contributed by atoms with Gasteiger partial charge in [0.15, 0.2) is 0 Å². The molecule has 0 aromatic heterocycles. The summed E-state index contributed by atoms with van der Waals surface area (Å²) in [5, 5.41) is 11.0. The van der Waals surface area contributed by atoms with Crippen molar-refractivity contribution in [3.05, 3.63) is 106 Å². The number of ketones is 1. The molecule has 1 saturated heterocycles. The average Bonchev–Trinajstić information content (AvgIpc) is 3.00. The number of aryl methyl sites for hydroxylation is 2. The molecule has 0 bridgehead atoms. The summed E-state index contributed by atoms with van der Waals surface area (Å²) in [7, 11) is 0. The molecule has 150 valence electrons. The topological polar surface area (TPSA) is 57.6 Å². The Morgan fingerprint density at radius 3 is 1.93 bits per heavy atom. The number of rotatable bonds is 3. The van der Waals surface area contributed by atoms with Gasteiger partial charge in [-0.3, -0.25) is 14.5 Å². The van der Waals surface area contributed by atoms with E-state index in [4.69, 9.17) is 0 Å². The molecule has 1 fully saturated rings. The van der Waals surface area contributed by atoms with Crippen molar-refractivity contribution in [1.29, 1.82) is 0 Å². The Labute approximate surface area is 173 Å². The largest absolute Gasteiger partial charge is 0.507 e. The van der Waals surface area contributed by atoms with E-state index in [-0.39, 0.29) is 11.3 Å². The molecule has 5 heteroatoms. The lowest BCUT2D eigenvalue weighted by Gasteiger charge is -2.25. The quantitative estimate of drug-likeness (QED) is 0.379. The summed E-state index contributed by atoms with van der Waals surface area (Å²) in [5.41, 5.74) is 3.56. The minimum Gasteiger partial charge on any atom is -0.507 e. The molecule has 1 heterocycles. The maximum Gasteiger partial charge on any atom is 0.300 e. The second-order valence-electron chi connectivity index (χ2n) is 7.42. The van der Waals surface area contributed by atoms with Gasteiger partial charge in [0, 0.05) is 11.3 Å². The standard InChI is InChI=1S/C25H20FNO3/c1-15-3-7-17(8-4-15)22-21(23(28)18-9-5-16(2)6-10-18)24(29)25(30)27(22)20-13-11-19(26)12-14-20/h3-14,22,28H,1-2H3. The van der Waals surface area contributed by atoms with Crippen molar-refractivity contribution in [1.82, 2.24) is 0 Å². The minimum absolute atomic E-state index is 0.0111. The highest BCUT2D eigenvalue weighted by molar-refractivity contribution is 6.51. The number of nitrogens with zero attached hydrogens (tertiary/aromatic N) is 1. The number of aliphatic hydroxyl groups is 1. The van der Waals surface area contributed by atoms with Crippen LogP contribution >= 0.6 is 0 Å². The molecule has 1 amide bonds. The fourth-order valence-electron chi connectivity index (χ4n) is 3.63. The molecule has 3 aromatic carbocycles. The van der Waals surface area contributed by atoms with Crippen LogP contribution < -0.4 is 4.90 Å². The third-order valence-electron chi connectivity index (χ3n) is 5.27. The molecule has 1 aliphatic heterocycles. The van der Waals surface area contributed by atoms with Crippen LogP contribution in [0.1, 0.15) is 28.3 Å². The van der Waals surface area contributed by atoms with Crippen LogP contribution in [-0.2, 0) is 9.59 Å². The van der Waals surface area contributed by atoms with E-state index in [1.807, 2.05) is 50.2 Å². The van der Waals surface area contributed by atoms with Gasteiger partial charge in [-0.05, 0) is 43.7 Å². The predicted molar refractivity (Wildman–Crippen MR) is 114 cm³/mol. The molecule has 3 aromatic rings. The fourth-order valence-corrected chi connectivity index (χ4v) is 3.63. The van der Waals surface area contributed by atoms with Crippen molar-refractivity contribution in [3.63, 3.8) is 0 Å². The number of anilines is 1. The molecular formula is C25H20FNO3. The first-order chi connectivity index (χ1) is 14.4. The monoisotopic (exact) mass is 401 g/mol. The highest BCUT2D eigenvalue weighted by Gasteiger charge is 2.46. The van der Waals surface area contributed by atoms with E-state index in [1.165, 1.54) is 29.2 Å². The number of aliphatic hydroxyl groups excluding tert-OH is 1. The first kappa shape index (κ1) is 19.6. The van der Waals surface area contributed by atoms with Gasteiger partial charge in [-0.2, -0.15) is 0 Å². The lowest BCUT2D eigenvalue weighted by Crippen LogP contribution is -2.29. The smallest absolute Gasteiger partial charge is 0.300 e. The van der Waals surface area contributed by atoms with Gasteiger partial charge in [-0.15, -0.1) is 0 Å². The second-order valence-corrected chi connectivity index (χ2v) is 7.42. The number of amides is 1. The molecule has 0 aliphatic carbocycles. The number of carbonyl (C=O) groups excluding carboxylic acids is 2. The zero-order valence-corrected chi connectivity index (χ0v) is 16.6. The zero-order valence-electron chi connectivity index (χ0n) is 16.6. The normalized spacial score (nSPS) is 18.1. The third-order valence-corrected chi connectivity index (χ3v) is 5.27. The van der Waals surface area contributed by atoms with Crippen LogP contribution in [-0.4, -0.2) is 16.8 Å². The van der Waals surface area contributed by atoms with Crippen molar-refractivity contribution in [2.75, 3.05) is 4.90 Å². The van der Waals surface area contributed by atoms with E-state index in [2.05, 4.69) is 0 Å². The van der Waals surface area contributed by atoms with Crippen molar-refractivity contribution >= 4 is 23.1 Å². The van der Waals surface area contributed by atoms with E-state index < -0.39 is 23.5 Å². The zero-order chi connectivity index (χ0) is 21.4. The molecule has 4 nitrogen and oxygen atoms in total. The van der Waals surface area contributed by atoms with E-state index >= 15 is 0 Å². The Balaban J connectivity index is 1.93. The SMILES string of the molecule is Cc1ccc(C(O)=C2C(=O)C(=O)N(c3ccc(F)cc3)C2c2ccc(C)cc2)cc1. The van der Waals surface area contributed by atoms with Gasteiger partial charge in [0.25, 0.3) is 11.7 Å². The Hall–Kier alpha value is -3.73. The predicted octanol–water partition coefficient (Wildman–Crippen LogP) is 5.07. The summed E-state index contributed by atoms with van der Waals surface area (Å²) >= 11 is 0. The van der Waals surface area contributed by atoms with Crippen molar-refractivity contribution in [2.45, 2.75) is 19.9 Å². The van der Waals surface area contributed by atoms with Gasteiger partial charge in [-0.1, -0.05) is 59.7 Å². The van der Waals surface area contributed by atoms with E-state index in [9.17, 15) is 19.1 Å². The summed E-state index contributed by atoms with van der Waals surface area (Å²) in [4.78, 5) is 27.3. The van der Waals surface area contributed by atoms with Crippen molar-refractivity contribution < 1.29 is 19.1 Å². The first-order valence-electron chi connectivity index (χ1n) is 9.57. The fraction of sp³-hybridized carbons (Fsp3) is 0.120. The van der Waals surface area contributed by atoms with Crippen LogP contribution in [0.5, 0.6) is 0 Å². The van der Waals surface area contributed by atoms with Crippen LogP contribution in [0.4, 0.5) is 10.1 Å². The van der Waals surface area contributed by atoms with Gasteiger partial charge in [0.1, 0.15) is 11.6 Å². The van der Waals surface area contributed by atoms with Crippen molar-refractivity contribution in [2.24, 2.45) is 0 Å². The summed E-state index contributed by atoms with van der Waals surface area (Å²) < 4.78 is 13.5. The van der Waals surface area contributed by atoms with Gasteiger partial charge >= 0.3 is 0 Å². The number of Topliss-reactive ketones (excluding diaryl/α,β-unsaturated/α-hetero) is 1. The Morgan fingerprint density at radius 2 is 1.37 bits per heavy atom. The molecule has 1 N–H and O–H groups in total.